The summed E-state index contributed by atoms with van der Waals surface area (Å²) in [6.45, 7) is 1.31. The van der Waals surface area contributed by atoms with E-state index in [0.29, 0.717) is 38.2 Å². The normalized spacial score (nSPS) is 18.3. The number of amides is 3. The van der Waals surface area contributed by atoms with E-state index >= 15 is 0 Å². The second kappa shape index (κ2) is 6.36. The lowest BCUT2D eigenvalue weighted by Gasteiger charge is -2.40. The predicted molar refractivity (Wildman–Crippen MR) is 77.9 cm³/mol. The van der Waals surface area contributed by atoms with Gasteiger partial charge in [0.2, 0.25) is 11.8 Å². The zero-order valence-electron chi connectivity index (χ0n) is 12.5. The first kappa shape index (κ1) is 15.5. The molecule has 6 nitrogen and oxygen atoms in total. The first-order valence-electron chi connectivity index (χ1n) is 7.52. The Morgan fingerprint density at radius 2 is 1.74 bits per heavy atom. The standard InChI is InChI=1S/C16H17FN2O4/c17-12-1-3-13(4-2-12)23-10-16(22)18-7-11(8-18)9-19-14(20)5-6-15(19)21/h1-4,11H,5-10H2. The minimum Gasteiger partial charge on any atom is -0.484 e. The molecule has 3 rings (SSSR count). The third kappa shape index (κ3) is 3.49. The SMILES string of the molecule is O=C(COc1ccc(F)cc1)N1CC(CN2C(=O)CCC2=O)C1. The van der Waals surface area contributed by atoms with Crippen LogP contribution in [0.2, 0.25) is 0 Å². The molecule has 23 heavy (non-hydrogen) atoms. The average molecular weight is 320 g/mol. The Morgan fingerprint density at radius 1 is 1.13 bits per heavy atom. The number of hydrogen-bond donors (Lipinski definition) is 0. The van der Waals surface area contributed by atoms with Gasteiger partial charge in [0.05, 0.1) is 0 Å². The van der Waals surface area contributed by atoms with Crippen molar-refractivity contribution < 1.29 is 23.5 Å². The monoisotopic (exact) mass is 320 g/mol. The summed E-state index contributed by atoms with van der Waals surface area (Å²) in [5.41, 5.74) is 0. The van der Waals surface area contributed by atoms with E-state index < -0.39 is 0 Å². The predicted octanol–water partition coefficient (Wildman–Crippen LogP) is 0.812. The summed E-state index contributed by atoms with van der Waals surface area (Å²) >= 11 is 0. The fourth-order valence-corrected chi connectivity index (χ4v) is 2.74. The summed E-state index contributed by atoms with van der Waals surface area (Å²) < 4.78 is 18.1. The third-order valence-electron chi connectivity index (χ3n) is 4.08. The summed E-state index contributed by atoms with van der Waals surface area (Å²) in [6.07, 6.45) is 0.583. The number of likely N-dealkylation sites (tertiary alicyclic amines) is 2. The van der Waals surface area contributed by atoms with Gasteiger partial charge in [0, 0.05) is 38.4 Å². The fourth-order valence-electron chi connectivity index (χ4n) is 2.74. The van der Waals surface area contributed by atoms with E-state index in [1.165, 1.54) is 29.2 Å². The number of carbonyl (C=O) groups is 3. The van der Waals surface area contributed by atoms with Crippen molar-refractivity contribution >= 4 is 17.7 Å². The van der Waals surface area contributed by atoms with E-state index in [2.05, 4.69) is 0 Å². The van der Waals surface area contributed by atoms with Gasteiger partial charge in [-0.3, -0.25) is 19.3 Å². The molecular weight excluding hydrogens is 303 g/mol. The number of hydrogen-bond acceptors (Lipinski definition) is 4. The molecule has 2 saturated heterocycles. The zero-order chi connectivity index (χ0) is 16.4. The smallest absolute Gasteiger partial charge is 0.260 e. The van der Waals surface area contributed by atoms with Gasteiger partial charge in [-0.15, -0.1) is 0 Å². The van der Waals surface area contributed by atoms with Crippen LogP contribution in [0.4, 0.5) is 4.39 Å². The molecule has 1 aromatic rings. The largest absolute Gasteiger partial charge is 0.484 e. The maximum Gasteiger partial charge on any atom is 0.260 e. The van der Waals surface area contributed by atoms with Crippen molar-refractivity contribution in [3.05, 3.63) is 30.1 Å². The van der Waals surface area contributed by atoms with Crippen molar-refractivity contribution in [2.75, 3.05) is 26.2 Å². The fraction of sp³-hybridized carbons (Fsp3) is 0.438. The molecule has 0 saturated carbocycles. The maximum atomic E-state index is 12.8. The van der Waals surface area contributed by atoms with Gasteiger partial charge in [0.15, 0.2) is 6.61 Å². The van der Waals surface area contributed by atoms with Crippen molar-refractivity contribution in [1.29, 1.82) is 0 Å². The molecule has 0 N–H and O–H groups in total. The highest BCUT2D eigenvalue weighted by molar-refractivity contribution is 6.01. The molecule has 122 valence electrons. The lowest BCUT2D eigenvalue weighted by molar-refractivity contribution is -0.143. The van der Waals surface area contributed by atoms with Crippen LogP contribution in [-0.4, -0.2) is 53.8 Å². The van der Waals surface area contributed by atoms with Crippen molar-refractivity contribution in [2.45, 2.75) is 12.8 Å². The molecule has 0 radical (unpaired) electrons. The number of ether oxygens (including phenoxy) is 1. The van der Waals surface area contributed by atoms with Crippen LogP contribution in [0.15, 0.2) is 24.3 Å². The van der Waals surface area contributed by atoms with Crippen molar-refractivity contribution in [2.24, 2.45) is 5.92 Å². The van der Waals surface area contributed by atoms with Crippen LogP contribution in [0.1, 0.15) is 12.8 Å². The molecule has 1 aromatic carbocycles. The van der Waals surface area contributed by atoms with Gasteiger partial charge in [-0.25, -0.2) is 4.39 Å². The number of rotatable bonds is 5. The Labute approximate surface area is 132 Å². The van der Waals surface area contributed by atoms with E-state index in [1.54, 1.807) is 4.90 Å². The quantitative estimate of drug-likeness (QED) is 0.753. The topological polar surface area (TPSA) is 66.9 Å². The molecule has 2 aliphatic rings. The Hall–Kier alpha value is -2.44. The van der Waals surface area contributed by atoms with E-state index in [9.17, 15) is 18.8 Å². The highest BCUT2D eigenvalue weighted by Gasteiger charge is 2.36. The van der Waals surface area contributed by atoms with Crippen LogP contribution < -0.4 is 4.74 Å². The lowest BCUT2D eigenvalue weighted by Crippen LogP contribution is -2.55. The molecule has 0 unspecified atom stereocenters. The number of carbonyl (C=O) groups excluding carboxylic acids is 3. The van der Waals surface area contributed by atoms with E-state index in [4.69, 9.17) is 4.74 Å². The molecule has 3 amide bonds. The Morgan fingerprint density at radius 3 is 2.35 bits per heavy atom. The van der Waals surface area contributed by atoms with Crippen LogP contribution in [-0.2, 0) is 14.4 Å². The van der Waals surface area contributed by atoms with Crippen molar-refractivity contribution in [1.82, 2.24) is 9.80 Å². The van der Waals surface area contributed by atoms with Gasteiger partial charge in [-0.1, -0.05) is 0 Å². The summed E-state index contributed by atoms with van der Waals surface area (Å²) in [5.74, 6) is -0.204. The molecule has 2 fully saturated rings. The number of imide groups is 1. The minimum atomic E-state index is -0.361. The molecule has 2 heterocycles. The third-order valence-corrected chi connectivity index (χ3v) is 4.08. The first-order chi connectivity index (χ1) is 11.0. The van der Waals surface area contributed by atoms with Crippen molar-refractivity contribution in [3.8, 4) is 5.75 Å². The van der Waals surface area contributed by atoms with E-state index in [-0.39, 0.29) is 36.1 Å². The highest BCUT2D eigenvalue weighted by atomic mass is 19.1. The van der Waals surface area contributed by atoms with Gasteiger partial charge in [-0.05, 0) is 24.3 Å². The van der Waals surface area contributed by atoms with E-state index in [1.807, 2.05) is 0 Å². The summed E-state index contributed by atoms with van der Waals surface area (Å²) in [6, 6.07) is 5.46. The van der Waals surface area contributed by atoms with Gasteiger partial charge in [0.1, 0.15) is 11.6 Å². The lowest BCUT2D eigenvalue weighted by atomic mass is 9.99. The van der Waals surface area contributed by atoms with Gasteiger partial charge in [-0.2, -0.15) is 0 Å². The van der Waals surface area contributed by atoms with Crippen LogP contribution >= 0.6 is 0 Å². The number of nitrogens with zero attached hydrogens (tertiary/aromatic N) is 2. The zero-order valence-corrected chi connectivity index (χ0v) is 12.5. The number of benzene rings is 1. The maximum absolute atomic E-state index is 12.8. The van der Waals surface area contributed by atoms with Gasteiger partial charge in [0.25, 0.3) is 5.91 Å². The van der Waals surface area contributed by atoms with Gasteiger partial charge < -0.3 is 9.64 Å². The molecule has 2 aliphatic heterocycles. The Bertz CT molecular complexity index is 609. The molecule has 0 bridgehead atoms. The van der Waals surface area contributed by atoms with Crippen LogP contribution in [0.3, 0.4) is 0 Å². The molecule has 0 atom stereocenters. The Balaban J connectivity index is 1.40. The summed E-state index contributed by atoms with van der Waals surface area (Å²) in [5, 5.41) is 0. The van der Waals surface area contributed by atoms with Crippen LogP contribution in [0, 0.1) is 11.7 Å². The second-order valence-corrected chi connectivity index (χ2v) is 5.81. The van der Waals surface area contributed by atoms with Crippen molar-refractivity contribution in [3.63, 3.8) is 0 Å². The number of halogens is 1. The summed E-state index contributed by atoms with van der Waals surface area (Å²) in [4.78, 5) is 37.9. The Kier molecular flexibility index (Phi) is 4.27. The molecule has 0 aliphatic carbocycles. The van der Waals surface area contributed by atoms with Crippen LogP contribution in [0.25, 0.3) is 0 Å². The van der Waals surface area contributed by atoms with Crippen LogP contribution in [0.5, 0.6) is 5.75 Å². The average Bonchev–Trinajstić information content (AvgIpc) is 2.81. The highest BCUT2D eigenvalue weighted by Crippen LogP contribution is 2.21. The first-order valence-corrected chi connectivity index (χ1v) is 7.52. The molecule has 7 heteroatoms. The second-order valence-electron chi connectivity index (χ2n) is 5.81. The minimum absolute atomic E-state index is 0.111. The molecule has 0 spiro atoms. The molecule has 0 aromatic heterocycles. The molecular formula is C16H17FN2O4. The van der Waals surface area contributed by atoms with E-state index in [0.717, 1.165) is 0 Å². The summed E-state index contributed by atoms with van der Waals surface area (Å²) in [7, 11) is 0. The van der Waals surface area contributed by atoms with Gasteiger partial charge >= 0.3 is 0 Å².